The zero-order valence-corrected chi connectivity index (χ0v) is 13.7. The van der Waals surface area contributed by atoms with Gasteiger partial charge in [0.1, 0.15) is 0 Å². The first-order chi connectivity index (χ1) is 10.6. The van der Waals surface area contributed by atoms with Crippen LogP contribution in [-0.4, -0.2) is 35.3 Å². The monoisotopic (exact) mass is 320 g/mol. The van der Waals surface area contributed by atoms with Crippen molar-refractivity contribution in [2.24, 2.45) is 0 Å². The van der Waals surface area contributed by atoms with E-state index in [2.05, 4.69) is 22.7 Å². The summed E-state index contributed by atoms with van der Waals surface area (Å²) in [4.78, 5) is 12.2. The van der Waals surface area contributed by atoms with Gasteiger partial charge in [-0.1, -0.05) is 30.7 Å². The molecule has 0 fully saturated rings. The molecular weight excluding hydrogens is 300 g/mol. The Morgan fingerprint density at radius 2 is 2.05 bits per heavy atom. The molecule has 2 N–H and O–H groups in total. The third kappa shape index (κ3) is 3.87. The van der Waals surface area contributed by atoms with Gasteiger partial charge in [0.15, 0.2) is 0 Å². The molecule has 5 nitrogen and oxygen atoms in total. The summed E-state index contributed by atoms with van der Waals surface area (Å²) in [6, 6.07) is 7.43. The van der Waals surface area contributed by atoms with Crippen molar-refractivity contribution < 1.29 is 4.79 Å². The second-order valence-corrected chi connectivity index (χ2v) is 5.42. The van der Waals surface area contributed by atoms with Crippen molar-refractivity contribution in [3.8, 4) is 5.69 Å². The van der Waals surface area contributed by atoms with Crippen molar-refractivity contribution in [1.29, 1.82) is 0 Å². The molecular formula is C16H21ClN4O. The van der Waals surface area contributed by atoms with Crippen LogP contribution in [0.3, 0.4) is 0 Å². The Hall–Kier alpha value is -1.85. The molecule has 1 amide bonds. The fourth-order valence-corrected chi connectivity index (χ4v) is 2.38. The maximum absolute atomic E-state index is 12.2. The molecule has 2 aromatic rings. The highest BCUT2D eigenvalue weighted by atomic mass is 35.5. The molecule has 0 aliphatic rings. The van der Waals surface area contributed by atoms with Gasteiger partial charge >= 0.3 is 0 Å². The van der Waals surface area contributed by atoms with Gasteiger partial charge in [-0.3, -0.25) is 4.79 Å². The Labute approximate surface area is 135 Å². The first kappa shape index (κ1) is 16.5. The number of para-hydroxylation sites is 1. The maximum atomic E-state index is 12.2. The standard InChI is InChI=1S/C16H21ClN4O/c1-3-8-18-9-10-19-16(22)13-11-20-21(12(13)2)15-7-5-4-6-14(15)17/h4-7,11,18H,3,8-10H2,1-2H3,(H,19,22). The molecule has 118 valence electrons. The predicted molar refractivity (Wildman–Crippen MR) is 88.8 cm³/mol. The Kier molecular flexibility index (Phi) is 5.98. The topological polar surface area (TPSA) is 58.9 Å². The molecule has 0 aliphatic carbocycles. The molecule has 1 heterocycles. The van der Waals surface area contributed by atoms with Gasteiger partial charge in [0, 0.05) is 13.1 Å². The number of carbonyl (C=O) groups is 1. The van der Waals surface area contributed by atoms with Crippen molar-refractivity contribution in [3.63, 3.8) is 0 Å². The lowest BCUT2D eigenvalue weighted by Gasteiger charge is -2.08. The van der Waals surface area contributed by atoms with E-state index in [0.29, 0.717) is 17.1 Å². The van der Waals surface area contributed by atoms with Crippen LogP contribution >= 0.6 is 11.6 Å². The number of rotatable bonds is 7. The zero-order valence-electron chi connectivity index (χ0n) is 12.9. The summed E-state index contributed by atoms with van der Waals surface area (Å²) in [5.74, 6) is -0.117. The molecule has 0 saturated carbocycles. The maximum Gasteiger partial charge on any atom is 0.254 e. The summed E-state index contributed by atoms with van der Waals surface area (Å²) in [5.41, 5.74) is 2.10. The minimum Gasteiger partial charge on any atom is -0.351 e. The summed E-state index contributed by atoms with van der Waals surface area (Å²) < 4.78 is 1.69. The van der Waals surface area contributed by atoms with Crippen LogP contribution in [0.4, 0.5) is 0 Å². The second kappa shape index (κ2) is 7.96. The number of amides is 1. The smallest absolute Gasteiger partial charge is 0.254 e. The Balaban J connectivity index is 2.05. The highest BCUT2D eigenvalue weighted by Gasteiger charge is 2.15. The fourth-order valence-electron chi connectivity index (χ4n) is 2.16. The Bertz CT molecular complexity index is 639. The number of hydrogen-bond acceptors (Lipinski definition) is 3. The van der Waals surface area contributed by atoms with Crippen LogP contribution in [0.2, 0.25) is 5.02 Å². The molecule has 22 heavy (non-hydrogen) atoms. The van der Waals surface area contributed by atoms with E-state index in [9.17, 15) is 4.79 Å². The van der Waals surface area contributed by atoms with Crippen LogP contribution < -0.4 is 10.6 Å². The normalized spacial score (nSPS) is 10.7. The molecule has 0 aliphatic heterocycles. The van der Waals surface area contributed by atoms with Gasteiger partial charge in [-0.25, -0.2) is 4.68 Å². The fraction of sp³-hybridized carbons (Fsp3) is 0.375. The van der Waals surface area contributed by atoms with Crippen molar-refractivity contribution in [3.05, 3.63) is 46.7 Å². The van der Waals surface area contributed by atoms with Crippen LogP contribution in [0.15, 0.2) is 30.5 Å². The van der Waals surface area contributed by atoms with Crippen molar-refractivity contribution in [2.75, 3.05) is 19.6 Å². The van der Waals surface area contributed by atoms with E-state index in [1.807, 2.05) is 25.1 Å². The molecule has 0 radical (unpaired) electrons. The Morgan fingerprint density at radius 1 is 1.27 bits per heavy atom. The number of nitrogens with zero attached hydrogens (tertiary/aromatic N) is 2. The van der Waals surface area contributed by atoms with Crippen LogP contribution in [0.1, 0.15) is 29.4 Å². The zero-order chi connectivity index (χ0) is 15.9. The van der Waals surface area contributed by atoms with Gasteiger partial charge in [0.05, 0.1) is 28.2 Å². The third-order valence-electron chi connectivity index (χ3n) is 3.35. The van der Waals surface area contributed by atoms with Gasteiger partial charge < -0.3 is 10.6 Å². The molecule has 1 aromatic carbocycles. The predicted octanol–water partition coefficient (Wildman–Crippen LogP) is 2.56. The average Bonchev–Trinajstić information content (AvgIpc) is 2.89. The third-order valence-corrected chi connectivity index (χ3v) is 3.67. The lowest BCUT2D eigenvalue weighted by molar-refractivity contribution is 0.0953. The van der Waals surface area contributed by atoms with Gasteiger partial charge in [0.2, 0.25) is 0 Å². The van der Waals surface area contributed by atoms with Crippen LogP contribution in [0, 0.1) is 6.92 Å². The minimum absolute atomic E-state index is 0.117. The first-order valence-corrected chi connectivity index (χ1v) is 7.81. The summed E-state index contributed by atoms with van der Waals surface area (Å²) >= 11 is 6.18. The van der Waals surface area contributed by atoms with E-state index in [0.717, 1.165) is 30.9 Å². The van der Waals surface area contributed by atoms with E-state index in [1.54, 1.807) is 16.9 Å². The van der Waals surface area contributed by atoms with Gasteiger partial charge in [0.25, 0.3) is 5.91 Å². The highest BCUT2D eigenvalue weighted by molar-refractivity contribution is 6.32. The van der Waals surface area contributed by atoms with E-state index < -0.39 is 0 Å². The van der Waals surface area contributed by atoms with Crippen molar-refractivity contribution in [1.82, 2.24) is 20.4 Å². The molecule has 1 aromatic heterocycles. The SMILES string of the molecule is CCCNCCNC(=O)c1cnn(-c2ccccc2Cl)c1C. The summed E-state index contributed by atoms with van der Waals surface area (Å²) in [7, 11) is 0. The van der Waals surface area contributed by atoms with Crippen LogP contribution in [0.25, 0.3) is 5.69 Å². The molecule has 0 bridgehead atoms. The lowest BCUT2D eigenvalue weighted by atomic mass is 10.2. The first-order valence-electron chi connectivity index (χ1n) is 7.43. The van der Waals surface area contributed by atoms with E-state index in [1.165, 1.54) is 0 Å². The summed E-state index contributed by atoms with van der Waals surface area (Å²) in [6.07, 6.45) is 2.66. The van der Waals surface area contributed by atoms with E-state index in [-0.39, 0.29) is 5.91 Å². The number of hydrogen-bond donors (Lipinski definition) is 2. The number of benzene rings is 1. The summed E-state index contributed by atoms with van der Waals surface area (Å²) in [6.45, 7) is 6.28. The quantitative estimate of drug-likeness (QED) is 0.771. The average molecular weight is 321 g/mol. The highest BCUT2D eigenvalue weighted by Crippen LogP contribution is 2.21. The molecule has 0 unspecified atom stereocenters. The minimum atomic E-state index is -0.117. The van der Waals surface area contributed by atoms with Crippen LogP contribution in [0.5, 0.6) is 0 Å². The van der Waals surface area contributed by atoms with Gasteiger partial charge in [-0.05, 0) is 32.0 Å². The van der Waals surface area contributed by atoms with Crippen LogP contribution in [-0.2, 0) is 0 Å². The second-order valence-electron chi connectivity index (χ2n) is 5.01. The number of nitrogens with one attached hydrogen (secondary N) is 2. The Morgan fingerprint density at radius 3 is 2.77 bits per heavy atom. The lowest BCUT2D eigenvalue weighted by Crippen LogP contribution is -2.32. The van der Waals surface area contributed by atoms with E-state index in [4.69, 9.17) is 11.6 Å². The van der Waals surface area contributed by atoms with Crippen molar-refractivity contribution in [2.45, 2.75) is 20.3 Å². The van der Waals surface area contributed by atoms with Gasteiger partial charge in [-0.15, -0.1) is 0 Å². The molecule has 2 rings (SSSR count). The molecule has 6 heteroatoms. The molecule has 0 atom stereocenters. The van der Waals surface area contributed by atoms with Crippen molar-refractivity contribution >= 4 is 17.5 Å². The van der Waals surface area contributed by atoms with Gasteiger partial charge in [-0.2, -0.15) is 5.10 Å². The number of aromatic nitrogens is 2. The number of carbonyl (C=O) groups excluding carboxylic acids is 1. The molecule has 0 saturated heterocycles. The largest absolute Gasteiger partial charge is 0.351 e. The summed E-state index contributed by atoms with van der Waals surface area (Å²) in [5, 5.41) is 11.0. The van der Waals surface area contributed by atoms with E-state index >= 15 is 0 Å². The molecule has 0 spiro atoms. The number of halogens is 1.